The van der Waals surface area contributed by atoms with E-state index >= 15 is 0 Å². The summed E-state index contributed by atoms with van der Waals surface area (Å²) in [4.78, 5) is 2.68. The monoisotopic (exact) mass is 335 g/mol. The first-order valence-corrected chi connectivity index (χ1v) is 9.71. The van der Waals surface area contributed by atoms with Gasteiger partial charge in [0, 0.05) is 44.5 Å². The van der Waals surface area contributed by atoms with Gasteiger partial charge in [-0.2, -0.15) is 0 Å². The maximum absolute atomic E-state index is 3.54. The molecular weight excluding hydrogens is 306 g/mol. The van der Waals surface area contributed by atoms with Crippen molar-refractivity contribution >= 4 is 5.69 Å². The Morgan fingerprint density at radius 2 is 1.68 bits per heavy atom. The van der Waals surface area contributed by atoms with Crippen LogP contribution in [0.5, 0.6) is 0 Å². The van der Waals surface area contributed by atoms with Gasteiger partial charge in [-0.25, -0.2) is 0 Å². The fourth-order valence-corrected chi connectivity index (χ4v) is 3.78. The summed E-state index contributed by atoms with van der Waals surface area (Å²) in [5, 5.41) is 7.02. The van der Waals surface area contributed by atoms with Crippen molar-refractivity contribution < 1.29 is 0 Å². The van der Waals surface area contributed by atoms with Crippen LogP contribution in [0.15, 0.2) is 54.6 Å². The van der Waals surface area contributed by atoms with E-state index in [1.165, 1.54) is 49.2 Å². The van der Waals surface area contributed by atoms with Crippen molar-refractivity contribution in [1.29, 1.82) is 0 Å². The van der Waals surface area contributed by atoms with E-state index in [9.17, 15) is 0 Å². The Hall–Kier alpha value is -1.84. The molecule has 2 aliphatic rings. The number of hydrogen-bond donors (Lipinski definition) is 2. The minimum Gasteiger partial charge on any atom is -0.381 e. The molecule has 25 heavy (non-hydrogen) atoms. The van der Waals surface area contributed by atoms with Gasteiger partial charge in [-0.1, -0.05) is 55.3 Å². The Labute approximate surface area is 151 Å². The van der Waals surface area contributed by atoms with Gasteiger partial charge in [-0.3, -0.25) is 4.90 Å². The van der Waals surface area contributed by atoms with E-state index in [0.717, 1.165) is 25.6 Å². The summed E-state index contributed by atoms with van der Waals surface area (Å²) in [6.45, 7) is 5.47. The Kier molecular flexibility index (Phi) is 5.34. The van der Waals surface area contributed by atoms with Crippen molar-refractivity contribution in [3.05, 3.63) is 65.7 Å². The Balaban J connectivity index is 1.41. The largest absolute Gasteiger partial charge is 0.381 e. The highest BCUT2D eigenvalue weighted by Gasteiger charge is 2.30. The highest BCUT2D eigenvalue weighted by molar-refractivity contribution is 5.45. The molecule has 0 spiro atoms. The third-order valence-electron chi connectivity index (χ3n) is 5.48. The number of piperazine rings is 1. The van der Waals surface area contributed by atoms with E-state index in [2.05, 4.69) is 70.1 Å². The van der Waals surface area contributed by atoms with Crippen molar-refractivity contribution in [2.75, 3.05) is 31.5 Å². The van der Waals surface area contributed by atoms with Gasteiger partial charge in [-0.05, 0) is 35.6 Å². The van der Waals surface area contributed by atoms with Crippen molar-refractivity contribution in [3.8, 4) is 0 Å². The summed E-state index contributed by atoms with van der Waals surface area (Å²) in [6, 6.07) is 20.3. The van der Waals surface area contributed by atoms with E-state index < -0.39 is 0 Å². The zero-order valence-corrected chi connectivity index (χ0v) is 15.0. The molecule has 1 aliphatic heterocycles. The lowest BCUT2D eigenvalue weighted by Gasteiger charge is -2.35. The van der Waals surface area contributed by atoms with Gasteiger partial charge in [0.1, 0.15) is 0 Å². The number of anilines is 1. The molecule has 2 fully saturated rings. The number of nitrogens with zero attached hydrogens (tertiary/aromatic N) is 1. The van der Waals surface area contributed by atoms with E-state index in [1.54, 1.807) is 0 Å². The van der Waals surface area contributed by atoms with Crippen LogP contribution < -0.4 is 10.6 Å². The van der Waals surface area contributed by atoms with Crippen molar-refractivity contribution in [1.82, 2.24) is 10.2 Å². The number of hydrogen-bond acceptors (Lipinski definition) is 3. The van der Waals surface area contributed by atoms with Crippen LogP contribution in [-0.2, 0) is 6.54 Å². The van der Waals surface area contributed by atoms with Crippen molar-refractivity contribution in [2.45, 2.75) is 31.8 Å². The zero-order valence-electron chi connectivity index (χ0n) is 15.0. The molecule has 132 valence electrons. The lowest BCUT2D eigenvalue weighted by molar-refractivity contribution is 0.160. The van der Waals surface area contributed by atoms with Crippen LogP contribution in [0.3, 0.4) is 0 Å². The van der Waals surface area contributed by atoms with E-state index in [-0.39, 0.29) is 0 Å². The second-order valence-corrected chi connectivity index (χ2v) is 7.44. The van der Waals surface area contributed by atoms with E-state index in [1.807, 2.05) is 0 Å². The maximum Gasteiger partial charge on any atom is 0.0400 e. The topological polar surface area (TPSA) is 27.3 Å². The molecule has 1 aliphatic carbocycles. The smallest absolute Gasteiger partial charge is 0.0400 e. The molecule has 0 radical (unpaired) electrons. The predicted molar refractivity (Wildman–Crippen MR) is 105 cm³/mol. The quantitative estimate of drug-likeness (QED) is 0.799. The van der Waals surface area contributed by atoms with Gasteiger partial charge in [0.15, 0.2) is 0 Å². The normalized spacial score (nSPS) is 19.5. The van der Waals surface area contributed by atoms with Crippen LogP contribution in [0.1, 0.15) is 36.4 Å². The number of nitrogens with one attached hydrogen (secondary N) is 2. The van der Waals surface area contributed by atoms with Gasteiger partial charge in [0.25, 0.3) is 0 Å². The van der Waals surface area contributed by atoms with Gasteiger partial charge in [0.2, 0.25) is 0 Å². The molecule has 2 N–H and O–H groups in total. The Morgan fingerprint density at radius 3 is 2.36 bits per heavy atom. The van der Waals surface area contributed by atoms with Crippen LogP contribution in [-0.4, -0.2) is 31.1 Å². The summed E-state index contributed by atoms with van der Waals surface area (Å²) in [6.07, 6.45) is 4.19. The molecule has 1 saturated carbocycles. The standard InChI is InChI=1S/C22H29N3/c1-2-4-19(5-3-1)17-24-21-10-8-20(9-11-21)22(16-18-6-7-18)25-14-12-23-13-15-25/h1-5,8-11,18,22-24H,6-7,12-17H2/t22-/m1/s1. The van der Waals surface area contributed by atoms with Crippen LogP contribution in [0.4, 0.5) is 5.69 Å². The molecule has 1 heterocycles. The SMILES string of the molecule is c1ccc(CNc2ccc([C@@H](CC3CC3)N3CCNCC3)cc2)cc1. The molecule has 3 heteroatoms. The van der Waals surface area contributed by atoms with Crippen LogP contribution in [0.25, 0.3) is 0 Å². The number of rotatable bonds is 7. The lowest BCUT2D eigenvalue weighted by atomic mass is 9.98. The second kappa shape index (κ2) is 8.03. The third-order valence-corrected chi connectivity index (χ3v) is 5.48. The fraction of sp³-hybridized carbons (Fsp3) is 0.455. The third kappa shape index (κ3) is 4.62. The average Bonchev–Trinajstić information content (AvgIpc) is 3.51. The molecule has 0 unspecified atom stereocenters. The van der Waals surface area contributed by atoms with Gasteiger partial charge < -0.3 is 10.6 Å². The summed E-state index contributed by atoms with van der Waals surface area (Å²) in [5.74, 6) is 0.954. The molecule has 3 nitrogen and oxygen atoms in total. The molecule has 4 rings (SSSR count). The van der Waals surface area contributed by atoms with Crippen molar-refractivity contribution in [3.63, 3.8) is 0 Å². The Bertz CT molecular complexity index is 643. The predicted octanol–water partition coefficient (Wildman–Crippen LogP) is 4.05. The van der Waals surface area contributed by atoms with Gasteiger partial charge in [-0.15, -0.1) is 0 Å². The molecular formula is C22H29N3. The first kappa shape index (κ1) is 16.6. The minimum atomic E-state index is 0.595. The lowest BCUT2D eigenvalue weighted by Crippen LogP contribution is -2.45. The highest BCUT2D eigenvalue weighted by atomic mass is 15.2. The van der Waals surface area contributed by atoms with Crippen LogP contribution in [0, 0.1) is 5.92 Å². The fourth-order valence-electron chi connectivity index (χ4n) is 3.78. The van der Waals surface area contributed by atoms with Crippen LogP contribution >= 0.6 is 0 Å². The summed E-state index contributed by atoms with van der Waals surface area (Å²) in [5.41, 5.74) is 4.01. The first-order chi connectivity index (χ1) is 12.4. The van der Waals surface area contributed by atoms with E-state index in [0.29, 0.717) is 6.04 Å². The molecule has 0 bridgehead atoms. The summed E-state index contributed by atoms with van der Waals surface area (Å²) in [7, 11) is 0. The molecule has 0 aromatic heterocycles. The highest BCUT2D eigenvalue weighted by Crippen LogP contribution is 2.40. The number of benzene rings is 2. The molecule has 2 aromatic carbocycles. The maximum atomic E-state index is 3.54. The molecule has 1 atom stereocenters. The summed E-state index contributed by atoms with van der Waals surface area (Å²) >= 11 is 0. The zero-order chi connectivity index (χ0) is 16.9. The average molecular weight is 335 g/mol. The van der Waals surface area contributed by atoms with E-state index in [4.69, 9.17) is 0 Å². The van der Waals surface area contributed by atoms with Crippen molar-refractivity contribution in [2.24, 2.45) is 5.92 Å². The molecule has 2 aromatic rings. The van der Waals surface area contributed by atoms with Crippen LogP contribution in [0.2, 0.25) is 0 Å². The molecule has 0 amide bonds. The first-order valence-electron chi connectivity index (χ1n) is 9.71. The molecule has 1 saturated heterocycles. The van der Waals surface area contributed by atoms with Gasteiger partial charge in [0.05, 0.1) is 0 Å². The summed E-state index contributed by atoms with van der Waals surface area (Å²) < 4.78 is 0. The minimum absolute atomic E-state index is 0.595. The van der Waals surface area contributed by atoms with Gasteiger partial charge >= 0.3 is 0 Å². The Morgan fingerprint density at radius 1 is 0.960 bits per heavy atom. The second-order valence-electron chi connectivity index (χ2n) is 7.44.